The molecular formula is C15H20ClNO4. The van der Waals surface area contributed by atoms with E-state index >= 15 is 0 Å². The number of nitrogens with one attached hydrogen (secondary N) is 1. The number of carboxylic acids is 1. The number of aliphatic carboxylic acids is 1. The number of carboxylic acid groups (broad SMARTS) is 1. The summed E-state index contributed by atoms with van der Waals surface area (Å²) in [4.78, 5) is 22.3. The Labute approximate surface area is 129 Å². The highest BCUT2D eigenvalue weighted by molar-refractivity contribution is 6.30. The van der Waals surface area contributed by atoms with E-state index in [0.717, 1.165) is 5.56 Å². The van der Waals surface area contributed by atoms with Crippen molar-refractivity contribution in [1.29, 1.82) is 0 Å². The molecule has 1 amide bonds. The van der Waals surface area contributed by atoms with Gasteiger partial charge in [0, 0.05) is 25.0 Å². The number of halogens is 1. The van der Waals surface area contributed by atoms with Crippen LogP contribution in [0.2, 0.25) is 5.02 Å². The largest absolute Gasteiger partial charge is 0.481 e. The summed E-state index contributed by atoms with van der Waals surface area (Å²) >= 11 is 5.84. The first-order valence-electron chi connectivity index (χ1n) is 6.78. The van der Waals surface area contributed by atoms with Gasteiger partial charge in [0.25, 0.3) is 0 Å². The molecule has 0 fully saturated rings. The van der Waals surface area contributed by atoms with Crippen LogP contribution in [0.5, 0.6) is 0 Å². The first-order valence-corrected chi connectivity index (χ1v) is 7.16. The molecule has 1 unspecified atom stereocenters. The minimum absolute atomic E-state index is 0.0893. The zero-order valence-electron chi connectivity index (χ0n) is 12.0. The lowest BCUT2D eigenvalue weighted by molar-refractivity contribution is -0.137. The van der Waals surface area contributed by atoms with Crippen molar-refractivity contribution in [2.24, 2.45) is 0 Å². The summed E-state index contributed by atoms with van der Waals surface area (Å²) in [5.41, 5.74) is 0.917. The van der Waals surface area contributed by atoms with Gasteiger partial charge in [0.2, 0.25) is 5.91 Å². The second kappa shape index (κ2) is 9.37. The van der Waals surface area contributed by atoms with Crippen molar-refractivity contribution in [3.63, 3.8) is 0 Å². The molecule has 0 aliphatic carbocycles. The maximum absolute atomic E-state index is 11.9. The standard InChI is InChI=1S/C15H20ClNO4/c1-21-10-13(11-6-8-12(16)9-7-11)17-14(18)4-2-3-5-15(19)20/h6-9,13H,2-5,10H2,1H3,(H,17,18)(H,19,20). The quantitative estimate of drug-likeness (QED) is 0.687. The van der Waals surface area contributed by atoms with E-state index < -0.39 is 5.97 Å². The second-order valence-corrected chi connectivity index (χ2v) is 5.16. The first-order chi connectivity index (χ1) is 10.0. The molecule has 0 saturated carbocycles. The van der Waals surface area contributed by atoms with E-state index in [-0.39, 0.29) is 18.4 Å². The Hall–Kier alpha value is -1.59. The van der Waals surface area contributed by atoms with Crippen LogP contribution in [0, 0.1) is 0 Å². The third kappa shape index (κ3) is 7.11. The number of rotatable bonds is 9. The predicted molar refractivity (Wildman–Crippen MR) is 80.3 cm³/mol. The van der Waals surface area contributed by atoms with Gasteiger partial charge in [-0.15, -0.1) is 0 Å². The van der Waals surface area contributed by atoms with Crippen molar-refractivity contribution in [3.8, 4) is 0 Å². The number of benzene rings is 1. The molecule has 21 heavy (non-hydrogen) atoms. The van der Waals surface area contributed by atoms with Gasteiger partial charge in [-0.3, -0.25) is 9.59 Å². The molecule has 0 radical (unpaired) electrons. The third-order valence-electron chi connectivity index (χ3n) is 2.99. The van der Waals surface area contributed by atoms with Crippen molar-refractivity contribution in [2.45, 2.75) is 31.7 Å². The van der Waals surface area contributed by atoms with Gasteiger partial charge >= 0.3 is 5.97 Å². The Kier molecular flexibility index (Phi) is 7.79. The first kappa shape index (κ1) is 17.5. The minimum Gasteiger partial charge on any atom is -0.481 e. The average molecular weight is 314 g/mol. The molecule has 6 heteroatoms. The topological polar surface area (TPSA) is 75.6 Å². The highest BCUT2D eigenvalue weighted by Gasteiger charge is 2.14. The summed E-state index contributed by atoms with van der Waals surface area (Å²) in [6, 6.07) is 6.98. The van der Waals surface area contributed by atoms with E-state index in [1.807, 2.05) is 12.1 Å². The van der Waals surface area contributed by atoms with Crippen LogP contribution in [-0.4, -0.2) is 30.7 Å². The Balaban J connectivity index is 2.48. The smallest absolute Gasteiger partial charge is 0.303 e. The van der Waals surface area contributed by atoms with Crippen molar-refractivity contribution < 1.29 is 19.4 Å². The molecule has 0 aromatic heterocycles. The van der Waals surface area contributed by atoms with Gasteiger partial charge in [-0.25, -0.2) is 0 Å². The average Bonchev–Trinajstić information content (AvgIpc) is 2.44. The summed E-state index contributed by atoms with van der Waals surface area (Å²) in [5, 5.41) is 12.1. The van der Waals surface area contributed by atoms with Crippen LogP contribution < -0.4 is 5.32 Å². The lowest BCUT2D eigenvalue weighted by atomic mass is 10.1. The SMILES string of the molecule is COCC(NC(=O)CCCCC(=O)O)c1ccc(Cl)cc1. The van der Waals surface area contributed by atoms with Crippen molar-refractivity contribution in [2.75, 3.05) is 13.7 Å². The summed E-state index contributed by atoms with van der Waals surface area (Å²) in [6.07, 6.45) is 1.45. The van der Waals surface area contributed by atoms with Gasteiger partial charge in [0.15, 0.2) is 0 Å². The Morgan fingerprint density at radius 3 is 2.43 bits per heavy atom. The number of hydrogen-bond acceptors (Lipinski definition) is 3. The van der Waals surface area contributed by atoms with E-state index in [4.69, 9.17) is 21.4 Å². The van der Waals surface area contributed by atoms with Crippen LogP contribution in [0.15, 0.2) is 24.3 Å². The molecule has 1 aromatic rings. The fraction of sp³-hybridized carbons (Fsp3) is 0.467. The molecule has 0 aliphatic rings. The number of carbonyl (C=O) groups is 2. The van der Waals surface area contributed by atoms with Crippen LogP contribution in [0.1, 0.15) is 37.3 Å². The minimum atomic E-state index is -0.839. The molecule has 1 rings (SSSR count). The van der Waals surface area contributed by atoms with Gasteiger partial charge in [-0.2, -0.15) is 0 Å². The van der Waals surface area contributed by atoms with Gasteiger partial charge in [0.05, 0.1) is 12.6 Å². The number of carbonyl (C=O) groups excluding carboxylic acids is 1. The van der Waals surface area contributed by atoms with E-state index in [2.05, 4.69) is 5.32 Å². The lowest BCUT2D eigenvalue weighted by Gasteiger charge is -2.18. The normalized spacial score (nSPS) is 11.9. The van der Waals surface area contributed by atoms with E-state index in [1.165, 1.54) is 0 Å². The highest BCUT2D eigenvalue weighted by atomic mass is 35.5. The number of unbranched alkanes of at least 4 members (excludes halogenated alkanes) is 1. The maximum atomic E-state index is 11.9. The van der Waals surface area contributed by atoms with Gasteiger partial charge in [-0.05, 0) is 30.5 Å². The molecular weight excluding hydrogens is 294 g/mol. The zero-order valence-corrected chi connectivity index (χ0v) is 12.7. The number of amides is 1. The van der Waals surface area contributed by atoms with Crippen molar-refractivity contribution in [1.82, 2.24) is 5.32 Å². The second-order valence-electron chi connectivity index (χ2n) is 4.73. The van der Waals surface area contributed by atoms with Crippen molar-refractivity contribution in [3.05, 3.63) is 34.9 Å². The van der Waals surface area contributed by atoms with Gasteiger partial charge < -0.3 is 15.2 Å². The van der Waals surface area contributed by atoms with Crippen LogP contribution in [-0.2, 0) is 14.3 Å². The molecule has 0 aliphatic heterocycles. The van der Waals surface area contributed by atoms with E-state index in [9.17, 15) is 9.59 Å². The van der Waals surface area contributed by atoms with E-state index in [0.29, 0.717) is 30.9 Å². The predicted octanol–water partition coefficient (Wildman–Crippen LogP) is 2.79. The highest BCUT2D eigenvalue weighted by Crippen LogP contribution is 2.17. The molecule has 0 spiro atoms. The van der Waals surface area contributed by atoms with Crippen LogP contribution in [0.3, 0.4) is 0 Å². The fourth-order valence-corrected chi connectivity index (χ4v) is 2.04. The van der Waals surface area contributed by atoms with Crippen molar-refractivity contribution >= 4 is 23.5 Å². The van der Waals surface area contributed by atoms with Gasteiger partial charge in [-0.1, -0.05) is 23.7 Å². The Morgan fingerprint density at radius 1 is 1.24 bits per heavy atom. The van der Waals surface area contributed by atoms with Crippen LogP contribution in [0.4, 0.5) is 0 Å². The molecule has 0 saturated heterocycles. The Bertz CT molecular complexity index is 461. The molecule has 2 N–H and O–H groups in total. The zero-order chi connectivity index (χ0) is 15.7. The lowest BCUT2D eigenvalue weighted by Crippen LogP contribution is -2.31. The fourth-order valence-electron chi connectivity index (χ4n) is 1.91. The summed E-state index contributed by atoms with van der Waals surface area (Å²) in [5.74, 6) is -0.953. The summed E-state index contributed by atoms with van der Waals surface area (Å²) in [7, 11) is 1.57. The van der Waals surface area contributed by atoms with Crippen LogP contribution >= 0.6 is 11.6 Å². The number of methoxy groups -OCH3 is 1. The molecule has 1 aromatic carbocycles. The molecule has 5 nitrogen and oxygen atoms in total. The molecule has 0 heterocycles. The molecule has 0 bridgehead atoms. The third-order valence-corrected chi connectivity index (χ3v) is 3.24. The van der Waals surface area contributed by atoms with Gasteiger partial charge in [0.1, 0.15) is 0 Å². The number of ether oxygens (including phenoxy) is 1. The number of hydrogen-bond donors (Lipinski definition) is 2. The molecule has 116 valence electrons. The summed E-state index contributed by atoms with van der Waals surface area (Å²) in [6.45, 7) is 0.364. The molecule has 1 atom stereocenters. The van der Waals surface area contributed by atoms with Crippen LogP contribution in [0.25, 0.3) is 0 Å². The van der Waals surface area contributed by atoms with E-state index in [1.54, 1.807) is 19.2 Å². The Morgan fingerprint density at radius 2 is 1.86 bits per heavy atom. The monoisotopic (exact) mass is 313 g/mol. The summed E-state index contributed by atoms with van der Waals surface area (Å²) < 4.78 is 5.12. The maximum Gasteiger partial charge on any atom is 0.303 e.